The summed E-state index contributed by atoms with van der Waals surface area (Å²) in [4.78, 5) is 34.4. The number of imidazole rings is 1. The van der Waals surface area contributed by atoms with Crippen LogP contribution in [0, 0.1) is 5.92 Å². The van der Waals surface area contributed by atoms with E-state index in [-0.39, 0.29) is 24.1 Å². The number of rotatable bonds is 3. The van der Waals surface area contributed by atoms with Crippen molar-refractivity contribution in [1.82, 2.24) is 19.9 Å². The van der Waals surface area contributed by atoms with Crippen LogP contribution in [-0.4, -0.2) is 50.1 Å². The Labute approximate surface area is 143 Å². The van der Waals surface area contributed by atoms with Crippen molar-refractivity contribution in [3.05, 3.63) is 64.5 Å². The molecule has 0 saturated carbocycles. The fraction of sp³-hybridized carbons (Fsp3) is 0.278. The van der Waals surface area contributed by atoms with Crippen LogP contribution in [0.5, 0.6) is 0 Å². The third kappa shape index (κ3) is 2.94. The van der Waals surface area contributed by atoms with Gasteiger partial charge in [-0.2, -0.15) is 0 Å². The van der Waals surface area contributed by atoms with Crippen LogP contribution < -0.4 is 5.69 Å². The number of carbonyl (C=O) groups excluding carboxylic acids is 1. The number of aromatic nitrogens is 3. The monoisotopic (exact) mass is 338 g/mol. The standard InChI is InChI=1S/C18H18N4O3/c23-16-10-22(17(24)15-8-20-18(25)21-15)9-12(16)7-11-5-6-19-14-4-2-1-3-13(11)14/h1-6,8,12,16,23H,7,9-10H2,(H2,20,21,25)/t12-,16+/m1/s1. The molecule has 3 heterocycles. The lowest BCUT2D eigenvalue weighted by atomic mass is 9.94. The van der Waals surface area contributed by atoms with Crippen LogP contribution in [0.2, 0.25) is 0 Å². The number of β-amino-alcohol motifs (C(OH)–C–C–N with tert-alkyl or cyclic N) is 1. The molecule has 7 heteroatoms. The Hall–Kier alpha value is -2.93. The number of nitrogens with one attached hydrogen (secondary N) is 2. The molecule has 0 aliphatic carbocycles. The molecule has 1 aromatic carbocycles. The van der Waals surface area contributed by atoms with Gasteiger partial charge in [0.25, 0.3) is 5.91 Å². The van der Waals surface area contributed by atoms with E-state index in [0.29, 0.717) is 13.0 Å². The Morgan fingerprint density at radius 3 is 2.92 bits per heavy atom. The Morgan fingerprint density at radius 1 is 1.28 bits per heavy atom. The van der Waals surface area contributed by atoms with Crippen molar-refractivity contribution >= 4 is 16.8 Å². The summed E-state index contributed by atoms with van der Waals surface area (Å²) in [6.45, 7) is 0.712. The van der Waals surface area contributed by atoms with Crippen molar-refractivity contribution in [2.75, 3.05) is 13.1 Å². The third-order valence-electron chi connectivity index (χ3n) is 4.74. The Balaban J connectivity index is 1.53. The lowest BCUT2D eigenvalue weighted by molar-refractivity contribution is 0.0759. The van der Waals surface area contributed by atoms with Gasteiger partial charge in [-0.15, -0.1) is 0 Å². The molecule has 0 spiro atoms. The maximum Gasteiger partial charge on any atom is 0.323 e. The number of hydrogen-bond donors (Lipinski definition) is 3. The minimum Gasteiger partial charge on any atom is -0.391 e. The highest BCUT2D eigenvalue weighted by Gasteiger charge is 2.35. The van der Waals surface area contributed by atoms with E-state index in [0.717, 1.165) is 16.5 Å². The highest BCUT2D eigenvalue weighted by molar-refractivity contribution is 5.92. The maximum atomic E-state index is 12.4. The largest absolute Gasteiger partial charge is 0.391 e. The van der Waals surface area contributed by atoms with Gasteiger partial charge in [0.05, 0.1) is 11.6 Å². The molecule has 128 valence electrons. The first-order valence-electron chi connectivity index (χ1n) is 8.19. The van der Waals surface area contributed by atoms with Crippen LogP contribution in [-0.2, 0) is 6.42 Å². The predicted molar refractivity (Wildman–Crippen MR) is 92.3 cm³/mol. The first-order valence-corrected chi connectivity index (χ1v) is 8.19. The van der Waals surface area contributed by atoms with E-state index in [2.05, 4.69) is 15.0 Å². The van der Waals surface area contributed by atoms with Crippen LogP contribution in [0.3, 0.4) is 0 Å². The summed E-state index contributed by atoms with van der Waals surface area (Å²) in [5, 5.41) is 11.5. The van der Waals surface area contributed by atoms with Gasteiger partial charge >= 0.3 is 5.69 Å². The fourth-order valence-electron chi connectivity index (χ4n) is 3.45. The van der Waals surface area contributed by atoms with Gasteiger partial charge in [-0.05, 0) is 24.1 Å². The third-order valence-corrected chi connectivity index (χ3v) is 4.74. The number of nitrogens with zero attached hydrogens (tertiary/aromatic N) is 2. The first-order chi connectivity index (χ1) is 12.1. The van der Waals surface area contributed by atoms with Gasteiger partial charge in [0, 0.05) is 36.8 Å². The van der Waals surface area contributed by atoms with E-state index in [1.807, 2.05) is 30.3 Å². The minimum atomic E-state index is -0.596. The average Bonchev–Trinajstić information content (AvgIpc) is 3.21. The molecule has 25 heavy (non-hydrogen) atoms. The summed E-state index contributed by atoms with van der Waals surface area (Å²) in [5.74, 6) is -0.333. The van der Waals surface area contributed by atoms with Crippen LogP contribution in [0.25, 0.3) is 10.9 Å². The van der Waals surface area contributed by atoms with E-state index < -0.39 is 11.8 Å². The molecule has 0 bridgehead atoms. The van der Waals surface area contributed by atoms with E-state index in [1.54, 1.807) is 11.1 Å². The number of hydrogen-bond acceptors (Lipinski definition) is 4. The number of fused-ring (bicyclic) bond motifs is 1. The zero-order valence-electron chi connectivity index (χ0n) is 13.5. The number of amides is 1. The van der Waals surface area contributed by atoms with Gasteiger partial charge in [0.15, 0.2) is 0 Å². The molecular formula is C18H18N4O3. The zero-order valence-corrected chi connectivity index (χ0v) is 13.5. The second kappa shape index (κ2) is 6.18. The van der Waals surface area contributed by atoms with E-state index in [9.17, 15) is 14.7 Å². The lowest BCUT2D eigenvalue weighted by Gasteiger charge is -2.15. The molecule has 1 aliphatic rings. The smallest absolute Gasteiger partial charge is 0.323 e. The highest BCUT2D eigenvalue weighted by Crippen LogP contribution is 2.26. The molecule has 2 atom stereocenters. The van der Waals surface area contributed by atoms with Crippen molar-refractivity contribution in [3.8, 4) is 0 Å². The maximum absolute atomic E-state index is 12.4. The van der Waals surface area contributed by atoms with Gasteiger partial charge in [-0.3, -0.25) is 9.78 Å². The lowest BCUT2D eigenvalue weighted by Crippen LogP contribution is -2.30. The molecule has 1 saturated heterocycles. The average molecular weight is 338 g/mol. The number of para-hydroxylation sites is 1. The van der Waals surface area contributed by atoms with E-state index in [1.165, 1.54) is 6.20 Å². The zero-order chi connectivity index (χ0) is 17.4. The molecule has 7 nitrogen and oxygen atoms in total. The second-order valence-electron chi connectivity index (χ2n) is 6.39. The van der Waals surface area contributed by atoms with Gasteiger partial charge < -0.3 is 20.0 Å². The van der Waals surface area contributed by atoms with E-state index in [4.69, 9.17) is 0 Å². The summed E-state index contributed by atoms with van der Waals surface area (Å²) in [7, 11) is 0. The Bertz CT molecular complexity index is 972. The summed E-state index contributed by atoms with van der Waals surface area (Å²) < 4.78 is 0. The number of H-pyrrole nitrogens is 2. The van der Waals surface area contributed by atoms with Crippen molar-refractivity contribution in [2.45, 2.75) is 12.5 Å². The van der Waals surface area contributed by atoms with Crippen LogP contribution in [0.15, 0.2) is 47.5 Å². The highest BCUT2D eigenvalue weighted by atomic mass is 16.3. The van der Waals surface area contributed by atoms with Crippen LogP contribution in [0.4, 0.5) is 0 Å². The van der Waals surface area contributed by atoms with Crippen LogP contribution in [0.1, 0.15) is 16.1 Å². The van der Waals surface area contributed by atoms with Crippen LogP contribution >= 0.6 is 0 Å². The SMILES string of the molecule is O=C(c1c[nH]c(=O)[nH]1)N1C[C@@H](Cc2ccnc3ccccc23)[C@@H](O)C1. The molecule has 3 aromatic rings. The second-order valence-corrected chi connectivity index (χ2v) is 6.39. The summed E-state index contributed by atoms with van der Waals surface area (Å²) in [6.07, 6.45) is 3.20. The quantitative estimate of drug-likeness (QED) is 0.661. The molecular weight excluding hydrogens is 320 g/mol. The van der Waals surface area contributed by atoms with Crippen molar-refractivity contribution in [2.24, 2.45) is 5.92 Å². The molecule has 0 radical (unpaired) electrons. The van der Waals surface area contributed by atoms with E-state index >= 15 is 0 Å². The van der Waals surface area contributed by atoms with Gasteiger partial charge in [0.2, 0.25) is 0 Å². The normalized spacial score (nSPS) is 20.3. The molecule has 1 fully saturated rings. The first kappa shape index (κ1) is 15.6. The summed E-state index contributed by atoms with van der Waals surface area (Å²) >= 11 is 0. The molecule has 3 N–H and O–H groups in total. The Morgan fingerprint density at radius 2 is 2.12 bits per heavy atom. The molecule has 0 unspecified atom stereocenters. The number of likely N-dealkylation sites (tertiary alicyclic amines) is 1. The Kier molecular flexibility index (Phi) is 3.85. The summed E-state index contributed by atoms with van der Waals surface area (Å²) in [6, 6.07) is 9.86. The molecule has 4 rings (SSSR count). The van der Waals surface area contributed by atoms with Gasteiger partial charge in [-0.25, -0.2) is 4.79 Å². The number of carbonyl (C=O) groups is 1. The number of aromatic amines is 2. The van der Waals surface area contributed by atoms with Crippen molar-refractivity contribution in [3.63, 3.8) is 0 Å². The number of aliphatic hydroxyl groups excluding tert-OH is 1. The predicted octanol–water partition coefficient (Wildman–Crippen LogP) is 0.927. The molecule has 2 aromatic heterocycles. The van der Waals surface area contributed by atoms with Crippen molar-refractivity contribution in [1.29, 1.82) is 0 Å². The topological polar surface area (TPSA) is 102 Å². The fourth-order valence-corrected chi connectivity index (χ4v) is 3.45. The minimum absolute atomic E-state index is 0.0552. The molecule has 1 aliphatic heterocycles. The number of pyridine rings is 1. The molecule has 1 amide bonds. The van der Waals surface area contributed by atoms with Gasteiger partial charge in [-0.1, -0.05) is 18.2 Å². The number of benzene rings is 1. The summed E-state index contributed by atoms with van der Waals surface area (Å²) in [5.41, 5.74) is 1.83. The van der Waals surface area contributed by atoms with Crippen molar-refractivity contribution < 1.29 is 9.90 Å². The number of aliphatic hydroxyl groups is 1. The van der Waals surface area contributed by atoms with Gasteiger partial charge in [0.1, 0.15) is 5.69 Å².